The second-order valence-electron chi connectivity index (χ2n) is 3.56. The van der Waals surface area contributed by atoms with Crippen LogP contribution in [0.15, 0.2) is 36.4 Å². The van der Waals surface area contributed by atoms with Crippen molar-refractivity contribution < 1.29 is 19.4 Å². The SMILES string of the molecule is COc1cccc(CCNC(=O)/C=C/C(=O)O)c1. The third-order valence-electron chi connectivity index (χ3n) is 2.22. The average Bonchev–Trinajstić information content (AvgIpc) is 2.36. The second kappa shape index (κ2) is 7.11. The van der Waals surface area contributed by atoms with Crippen LogP contribution in [0.5, 0.6) is 5.75 Å². The monoisotopic (exact) mass is 249 g/mol. The molecule has 5 nitrogen and oxygen atoms in total. The minimum Gasteiger partial charge on any atom is -0.497 e. The maximum atomic E-state index is 11.2. The largest absolute Gasteiger partial charge is 0.497 e. The predicted octanol–water partition coefficient (Wildman–Crippen LogP) is 0.995. The number of benzene rings is 1. The molecule has 18 heavy (non-hydrogen) atoms. The molecule has 1 rings (SSSR count). The number of hydrogen-bond acceptors (Lipinski definition) is 3. The molecule has 96 valence electrons. The molecule has 0 aliphatic heterocycles. The number of carboxylic acids is 1. The number of aliphatic carboxylic acids is 1. The van der Waals surface area contributed by atoms with Crippen LogP contribution in [0, 0.1) is 0 Å². The van der Waals surface area contributed by atoms with E-state index in [-0.39, 0.29) is 0 Å². The van der Waals surface area contributed by atoms with Crippen molar-refractivity contribution in [3.63, 3.8) is 0 Å². The summed E-state index contributed by atoms with van der Waals surface area (Å²) in [5.74, 6) is -0.789. The van der Waals surface area contributed by atoms with Gasteiger partial charge in [0.1, 0.15) is 5.75 Å². The van der Waals surface area contributed by atoms with Crippen LogP contribution in [0.25, 0.3) is 0 Å². The summed E-state index contributed by atoms with van der Waals surface area (Å²) in [5, 5.41) is 10.9. The van der Waals surface area contributed by atoms with Gasteiger partial charge in [-0.05, 0) is 24.1 Å². The fourth-order valence-corrected chi connectivity index (χ4v) is 1.36. The van der Waals surface area contributed by atoms with Crippen LogP contribution in [0.2, 0.25) is 0 Å². The molecule has 0 heterocycles. The average molecular weight is 249 g/mol. The molecule has 0 atom stereocenters. The van der Waals surface area contributed by atoms with Gasteiger partial charge in [-0.15, -0.1) is 0 Å². The van der Waals surface area contributed by atoms with Gasteiger partial charge in [-0.25, -0.2) is 4.79 Å². The Balaban J connectivity index is 2.37. The van der Waals surface area contributed by atoms with E-state index < -0.39 is 11.9 Å². The van der Waals surface area contributed by atoms with Crippen LogP contribution >= 0.6 is 0 Å². The van der Waals surface area contributed by atoms with Gasteiger partial charge in [0.2, 0.25) is 5.91 Å². The zero-order valence-electron chi connectivity index (χ0n) is 10.1. The van der Waals surface area contributed by atoms with Gasteiger partial charge in [0.15, 0.2) is 0 Å². The summed E-state index contributed by atoms with van der Waals surface area (Å²) < 4.78 is 5.08. The number of carbonyl (C=O) groups is 2. The summed E-state index contributed by atoms with van der Waals surface area (Å²) in [4.78, 5) is 21.4. The summed E-state index contributed by atoms with van der Waals surface area (Å²) in [6, 6.07) is 7.54. The van der Waals surface area contributed by atoms with Crippen LogP contribution in [0.4, 0.5) is 0 Å². The Morgan fingerprint density at radius 2 is 2.17 bits per heavy atom. The summed E-state index contributed by atoms with van der Waals surface area (Å²) in [5.41, 5.74) is 1.04. The maximum absolute atomic E-state index is 11.2. The Labute approximate surface area is 105 Å². The Hall–Kier alpha value is -2.30. The highest BCUT2D eigenvalue weighted by Gasteiger charge is 1.98. The van der Waals surface area contributed by atoms with Gasteiger partial charge in [-0.1, -0.05) is 12.1 Å². The number of carboxylic acid groups (broad SMARTS) is 1. The van der Waals surface area contributed by atoms with Gasteiger partial charge in [-0.3, -0.25) is 4.79 Å². The Morgan fingerprint density at radius 3 is 2.83 bits per heavy atom. The van der Waals surface area contributed by atoms with Gasteiger partial charge in [-0.2, -0.15) is 0 Å². The van der Waals surface area contributed by atoms with E-state index in [4.69, 9.17) is 9.84 Å². The second-order valence-corrected chi connectivity index (χ2v) is 3.56. The van der Waals surface area contributed by atoms with Crippen LogP contribution in [0.3, 0.4) is 0 Å². The summed E-state index contributed by atoms with van der Waals surface area (Å²) in [6.45, 7) is 0.440. The van der Waals surface area contributed by atoms with Crippen molar-refractivity contribution in [1.29, 1.82) is 0 Å². The fourth-order valence-electron chi connectivity index (χ4n) is 1.36. The smallest absolute Gasteiger partial charge is 0.328 e. The zero-order chi connectivity index (χ0) is 13.4. The molecule has 0 spiro atoms. The lowest BCUT2D eigenvalue weighted by molar-refractivity contribution is -0.131. The molecule has 0 bridgehead atoms. The Morgan fingerprint density at radius 1 is 1.39 bits per heavy atom. The van der Waals surface area contributed by atoms with Crippen LogP contribution in [-0.2, 0) is 16.0 Å². The lowest BCUT2D eigenvalue weighted by Crippen LogP contribution is -2.23. The first-order valence-electron chi connectivity index (χ1n) is 5.43. The Kier molecular flexibility index (Phi) is 5.44. The minimum absolute atomic E-state index is 0.416. The van der Waals surface area contributed by atoms with E-state index in [1.807, 2.05) is 24.3 Å². The van der Waals surface area contributed by atoms with Gasteiger partial charge in [0, 0.05) is 18.7 Å². The topological polar surface area (TPSA) is 75.6 Å². The van der Waals surface area contributed by atoms with Crippen molar-refractivity contribution in [3.05, 3.63) is 42.0 Å². The third kappa shape index (κ3) is 5.16. The molecule has 5 heteroatoms. The van der Waals surface area contributed by atoms with Crippen LogP contribution < -0.4 is 10.1 Å². The van der Waals surface area contributed by atoms with Crippen molar-refractivity contribution in [2.45, 2.75) is 6.42 Å². The molecular formula is C13H15NO4. The molecule has 0 saturated heterocycles. The number of rotatable bonds is 6. The number of amides is 1. The molecule has 0 aliphatic carbocycles. The van der Waals surface area contributed by atoms with E-state index in [9.17, 15) is 9.59 Å². The molecule has 0 unspecified atom stereocenters. The van der Waals surface area contributed by atoms with E-state index in [0.717, 1.165) is 23.5 Å². The highest BCUT2D eigenvalue weighted by molar-refractivity contribution is 5.93. The molecule has 0 aliphatic rings. The van der Waals surface area contributed by atoms with E-state index in [1.165, 1.54) is 0 Å². The van der Waals surface area contributed by atoms with Gasteiger partial charge in [0.05, 0.1) is 7.11 Å². The highest BCUT2D eigenvalue weighted by Crippen LogP contribution is 2.12. The lowest BCUT2D eigenvalue weighted by Gasteiger charge is -2.05. The van der Waals surface area contributed by atoms with Gasteiger partial charge in [0.25, 0.3) is 0 Å². The molecule has 1 amide bonds. The normalized spacial score (nSPS) is 10.3. The molecule has 2 N–H and O–H groups in total. The van der Waals surface area contributed by atoms with E-state index in [0.29, 0.717) is 13.0 Å². The molecule has 0 saturated carbocycles. The first kappa shape index (κ1) is 13.8. The maximum Gasteiger partial charge on any atom is 0.328 e. The van der Waals surface area contributed by atoms with E-state index >= 15 is 0 Å². The van der Waals surface area contributed by atoms with Crippen molar-refractivity contribution in [2.75, 3.05) is 13.7 Å². The predicted molar refractivity (Wildman–Crippen MR) is 66.5 cm³/mol. The fraction of sp³-hybridized carbons (Fsp3) is 0.231. The van der Waals surface area contributed by atoms with Crippen molar-refractivity contribution in [2.24, 2.45) is 0 Å². The molecule has 1 aromatic rings. The highest BCUT2D eigenvalue weighted by atomic mass is 16.5. The van der Waals surface area contributed by atoms with Crippen molar-refractivity contribution >= 4 is 11.9 Å². The van der Waals surface area contributed by atoms with Crippen molar-refractivity contribution in [3.8, 4) is 5.75 Å². The molecular weight excluding hydrogens is 234 g/mol. The lowest BCUT2D eigenvalue weighted by atomic mass is 10.1. The molecule has 0 fully saturated rings. The zero-order valence-corrected chi connectivity index (χ0v) is 10.1. The quantitative estimate of drug-likeness (QED) is 0.737. The third-order valence-corrected chi connectivity index (χ3v) is 2.22. The standard InChI is InChI=1S/C13H15NO4/c1-18-11-4-2-3-10(9-11)7-8-14-12(15)5-6-13(16)17/h2-6,9H,7-8H2,1H3,(H,14,15)(H,16,17)/b6-5+. The summed E-state index contributed by atoms with van der Waals surface area (Å²) >= 11 is 0. The number of nitrogens with one attached hydrogen (secondary N) is 1. The van der Waals surface area contributed by atoms with Crippen LogP contribution in [0.1, 0.15) is 5.56 Å². The molecule has 1 aromatic carbocycles. The summed E-state index contributed by atoms with van der Waals surface area (Å²) in [6.07, 6.45) is 2.46. The number of ether oxygens (including phenoxy) is 1. The first-order valence-corrected chi connectivity index (χ1v) is 5.43. The molecule has 0 radical (unpaired) electrons. The van der Waals surface area contributed by atoms with E-state index in [2.05, 4.69) is 5.32 Å². The Bertz CT molecular complexity index is 454. The minimum atomic E-state index is -1.14. The van der Waals surface area contributed by atoms with E-state index in [1.54, 1.807) is 7.11 Å². The van der Waals surface area contributed by atoms with Crippen LogP contribution in [-0.4, -0.2) is 30.6 Å². The van der Waals surface area contributed by atoms with Gasteiger partial charge >= 0.3 is 5.97 Å². The number of hydrogen-bond donors (Lipinski definition) is 2. The number of carbonyl (C=O) groups excluding carboxylic acids is 1. The number of methoxy groups -OCH3 is 1. The summed E-state index contributed by atoms with van der Waals surface area (Å²) in [7, 11) is 1.59. The molecule has 0 aromatic heterocycles. The van der Waals surface area contributed by atoms with Crippen molar-refractivity contribution in [1.82, 2.24) is 5.32 Å². The van der Waals surface area contributed by atoms with Gasteiger partial charge < -0.3 is 15.2 Å². The first-order chi connectivity index (χ1) is 8.61.